The summed E-state index contributed by atoms with van der Waals surface area (Å²) in [5.74, 6) is 0. The van der Waals surface area contributed by atoms with E-state index in [-0.39, 0.29) is 12.7 Å². The lowest BCUT2D eigenvalue weighted by Gasteiger charge is -2.08. The lowest BCUT2D eigenvalue weighted by Crippen LogP contribution is -2.12. The molecule has 0 saturated carbocycles. The Morgan fingerprint density at radius 1 is 1.05 bits per heavy atom. The Morgan fingerprint density at radius 2 is 1.85 bits per heavy atom. The van der Waals surface area contributed by atoms with E-state index in [0.29, 0.717) is 0 Å². The predicted octanol–water partition coefficient (Wildman–Crippen LogP) is 4.13. The van der Waals surface area contributed by atoms with E-state index in [1.54, 1.807) is 10.8 Å². The predicted molar refractivity (Wildman–Crippen MR) is 78.7 cm³/mol. The smallest absolute Gasteiger partial charge is 0.418 e. The highest BCUT2D eigenvalue weighted by Crippen LogP contribution is 2.20. The van der Waals surface area contributed by atoms with Crippen LogP contribution < -0.4 is 0 Å². The van der Waals surface area contributed by atoms with Crippen LogP contribution in [0.3, 0.4) is 0 Å². The Bertz CT molecular complexity index is 744. The van der Waals surface area contributed by atoms with E-state index >= 15 is 0 Å². The van der Waals surface area contributed by atoms with E-state index in [0.717, 1.165) is 22.0 Å². The number of para-hydroxylation sites is 1. The number of aromatic nitrogens is 1. The largest absolute Gasteiger partial charge is 0.444 e. The molecule has 0 atom stereocenters. The number of hydrogen-bond acceptors (Lipinski definition) is 2. The van der Waals surface area contributed by atoms with Crippen LogP contribution in [-0.2, 0) is 11.3 Å². The number of hydrogen-bond donors (Lipinski definition) is 0. The van der Waals surface area contributed by atoms with Crippen LogP contribution in [0, 0.1) is 6.92 Å². The molecule has 3 rings (SSSR count). The number of rotatable bonds is 2. The zero-order valence-electron chi connectivity index (χ0n) is 11.2. The van der Waals surface area contributed by atoms with Gasteiger partial charge in [-0.1, -0.05) is 48.5 Å². The summed E-state index contributed by atoms with van der Waals surface area (Å²) in [4.78, 5) is 12.2. The lowest BCUT2D eigenvalue weighted by atomic mass is 10.2. The van der Waals surface area contributed by atoms with E-state index < -0.39 is 0 Å². The quantitative estimate of drug-likeness (QED) is 0.697. The second-order valence-corrected chi connectivity index (χ2v) is 4.74. The Morgan fingerprint density at radius 3 is 2.65 bits per heavy atom. The minimum atomic E-state index is -0.349. The van der Waals surface area contributed by atoms with Crippen LogP contribution in [0.2, 0.25) is 0 Å². The van der Waals surface area contributed by atoms with Gasteiger partial charge in [-0.05, 0) is 24.1 Å². The molecule has 0 N–H and O–H groups in total. The fourth-order valence-corrected chi connectivity index (χ4v) is 2.32. The summed E-state index contributed by atoms with van der Waals surface area (Å²) in [6.07, 6.45) is 1.41. The first-order valence-electron chi connectivity index (χ1n) is 6.53. The van der Waals surface area contributed by atoms with Crippen molar-refractivity contribution in [3.8, 4) is 0 Å². The molecule has 3 nitrogen and oxygen atoms in total. The van der Waals surface area contributed by atoms with Crippen molar-refractivity contribution >= 4 is 17.0 Å². The highest BCUT2D eigenvalue weighted by Gasteiger charge is 2.11. The maximum Gasteiger partial charge on any atom is 0.418 e. The minimum absolute atomic E-state index is 0.283. The normalized spacial score (nSPS) is 10.7. The number of benzene rings is 2. The monoisotopic (exact) mass is 265 g/mol. The Hall–Kier alpha value is -2.55. The van der Waals surface area contributed by atoms with E-state index in [9.17, 15) is 4.79 Å². The van der Waals surface area contributed by atoms with Gasteiger partial charge in [-0.25, -0.2) is 4.79 Å². The van der Waals surface area contributed by atoms with Crippen molar-refractivity contribution in [2.45, 2.75) is 13.5 Å². The molecule has 0 bridgehead atoms. The van der Waals surface area contributed by atoms with E-state index in [1.165, 1.54) is 0 Å². The summed E-state index contributed by atoms with van der Waals surface area (Å²) in [7, 11) is 0. The SMILES string of the molecule is Cc1cccc2ccn(C(=O)OCc3ccccc3)c12. The standard InChI is InChI=1S/C17H15NO2/c1-13-6-5-9-15-10-11-18(16(13)15)17(19)20-12-14-7-3-2-4-8-14/h2-11H,12H2,1H3. The third-order valence-corrected chi connectivity index (χ3v) is 3.31. The maximum absolute atomic E-state index is 12.2. The molecule has 3 aromatic rings. The van der Waals surface area contributed by atoms with Gasteiger partial charge in [-0.2, -0.15) is 0 Å². The Balaban J connectivity index is 1.83. The molecule has 0 aliphatic heterocycles. The molecule has 0 saturated heterocycles. The second-order valence-electron chi connectivity index (χ2n) is 4.74. The van der Waals surface area contributed by atoms with Crippen molar-refractivity contribution in [1.82, 2.24) is 4.57 Å². The van der Waals surface area contributed by atoms with Gasteiger partial charge in [0, 0.05) is 11.6 Å². The van der Waals surface area contributed by atoms with Gasteiger partial charge >= 0.3 is 6.09 Å². The van der Waals surface area contributed by atoms with E-state index in [2.05, 4.69) is 0 Å². The molecule has 0 aliphatic rings. The molecule has 0 unspecified atom stereocenters. The highest BCUT2D eigenvalue weighted by molar-refractivity contribution is 5.91. The first-order valence-corrected chi connectivity index (χ1v) is 6.53. The Labute approximate surface area is 117 Å². The molecule has 2 aromatic carbocycles. The number of ether oxygens (including phenoxy) is 1. The van der Waals surface area contributed by atoms with Crippen molar-refractivity contribution in [2.24, 2.45) is 0 Å². The van der Waals surface area contributed by atoms with Crippen LogP contribution in [0.25, 0.3) is 10.9 Å². The molecule has 3 heteroatoms. The van der Waals surface area contributed by atoms with Gasteiger partial charge < -0.3 is 4.74 Å². The van der Waals surface area contributed by atoms with E-state index in [4.69, 9.17) is 4.74 Å². The molecule has 0 amide bonds. The molecule has 20 heavy (non-hydrogen) atoms. The molecule has 1 heterocycles. The number of carbonyl (C=O) groups excluding carboxylic acids is 1. The van der Waals surface area contributed by atoms with Crippen molar-refractivity contribution in [3.63, 3.8) is 0 Å². The van der Waals surface area contributed by atoms with Gasteiger partial charge in [0.1, 0.15) is 6.61 Å². The average Bonchev–Trinajstić information content (AvgIpc) is 2.91. The summed E-state index contributed by atoms with van der Waals surface area (Å²) < 4.78 is 6.92. The topological polar surface area (TPSA) is 31.2 Å². The van der Waals surface area contributed by atoms with Crippen LogP contribution >= 0.6 is 0 Å². The zero-order valence-corrected chi connectivity index (χ0v) is 11.2. The average molecular weight is 265 g/mol. The Kier molecular flexibility index (Phi) is 3.25. The van der Waals surface area contributed by atoms with Gasteiger partial charge in [-0.15, -0.1) is 0 Å². The highest BCUT2D eigenvalue weighted by atomic mass is 16.5. The van der Waals surface area contributed by atoms with Crippen LogP contribution in [0.1, 0.15) is 11.1 Å². The lowest BCUT2D eigenvalue weighted by molar-refractivity contribution is 0.142. The first kappa shape index (κ1) is 12.5. The number of aryl methyl sites for hydroxylation is 1. The summed E-state index contributed by atoms with van der Waals surface area (Å²) in [6.45, 7) is 2.27. The van der Waals surface area contributed by atoms with Gasteiger partial charge in [0.15, 0.2) is 0 Å². The fourth-order valence-electron chi connectivity index (χ4n) is 2.32. The first-order chi connectivity index (χ1) is 9.75. The van der Waals surface area contributed by atoms with Crippen LogP contribution in [0.15, 0.2) is 60.8 Å². The van der Waals surface area contributed by atoms with Crippen molar-refractivity contribution in [2.75, 3.05) is 0 Å². The molecule has 0 spiro atoms. The van der Waals surface area contributed by atoms with Crippen molar-refractivity contribution in [3.05, 3.63) is 71.9 Å². The third-order valence-electron chi connectivity index (χ3n) is 3.31. The molecule has 0 fully saturated rings. The summed E-state index contributed by atoms with van der Waals surface area (Å²) >= 11 is 0. The third kappa shape index (κ3) is 2.30. The minimum Gasteiger partial charge on any atom is -0.444 e. The van der Waals surface area contributed by atoms with Gasteiger partial charge in [0.05, 0.1) is 5.52 Å². The number of fused-ring (bicyclic) bond motifs is 1. The van der Waals surface area contributed by atoms with Crippen molar-refractivity contribution < 1.29 is 9.53 Å². The summed E-state index contributed by atoms with van der Waals surface area (Å²) in [5, 5.41) is 1.04. The van der Waals surface area contributed by atoms with Crippen LogP contribution in [0.4, 0.5) is 4.79 Å². The van der Waals surface area contributed by atoms with Gasteiger partial charge in [0.25, 0.3) is 0 Å². The molecule has 0 aliphatic carbocycles. The molecule has 0 radical (unpaired) electrons. The second kappa shape index (κ2) is 5.21. The van der Waals surface area contributed by atoms with Crippen LogP contribution in [-0.4, -0.2) is 10.7 Å². The van der Waals surface area contributed by atoms with E-state index in [1.807, 2.05) is 61.5 Å². The number of nitrogens with zero attached hydrogens (tertiary/aromatic N) is 1. The molecule has 1 aromatic heterocycles. The molecular weight excluding hydrogens is 250 g/mol. The summed E-state index contributed by atoms with van der Waals surface area (Å²) in [5.41, 5.74) is 2.95. The van der Waals surface area contributed by atoms with Gasteiger partial charge in [0.2, 0.25) is 0 Å². The van der Waals surface area contributed by atoms with Gasteiger partial charge in [-0.3, -0.25) is 4.57 Å². The fraction of sp³-hybridized carbons (Fsp3) is 0.118. The maximum atomic E-state index is 12.2. The molecule has 100 valence electrons. The number of carbonyl (C=O) groups is 1. The van der Waals surface area contributed by atoms with Crippen molar-refractivity contribution in [1.29, 1.82) is 0 Å². The summed E-state index contributed by atoms with van der Waals surface area (Å²) in [6, 6.07) is 17.6. The zero-order chi connectivity index (χ0) is 13.9. The molecular formula is C17H15NO2. The van der Waals surface area contributed by atoms with Crippen LogP contribution in [0.5, 0.6) is 0 Å².